The molecule has 0 aromatic carbocycles. The second-order valence-corrected chi connectivity index (χ2v) is 2.60. The summed E-state index contributed by atoms with van der Waals surface area (Å²) in [6.45, 7) is 14.0. The second kappa shape index (κ2) is 13.5. The van der Waals surface area contributed by atoms with Crippen molar-refractivity contribution in [1.29, 1.82) is 0 Å². The molecule has 12 heavy (non-hydrogen) atoms. The Hall–Kier alpha value is -0.0400. The van der Waals surface area contributed by atoms with E-state index < -0.39 is 5.60 Å². The van der Waals surface area contributed by atoms with E-state index in [0.29, 0.717) is 0 Å². The van der Waals surface area contributed by atoms with Crippen LogP contribution in [0.25, 0.3) is 0 Å². The SMILES string of the molecule is CC.CC.CCCC(C)(O)CC. The van der Waals surface area contributed by atoms with Crippen molar-refractivity contribution in [3.8, 4) is 0 Å². The van der Waals surface area contributed by atoms with Gasteiger partial charge in [0.25, 0.3) is 0 Å². The molecular formula is C11H28O. The fraction of sp³-hybridized carbons (Fsp3) is 1.00. The van der Waals surface area contributed by atoms with E-state index >= 15 is 0 Å². The van der Waals surface area contributed by atoms with Gasteiger partial charge in [0.1, 0.15) is 0 Å². The molecule has 0 aliphatic rings. The zero-order chi connectivity index (χ0) is 10.6. The van der Waals surface area contributed by atoms with Crippen molar-refractivity contribution in [2.24, 2.45) is 0 Å². The molecule has 0 saturated heterocycles. The Morgan fingerprint density at radius 1 is 1.00 bits per heavy atom. The Balaban J connectivity index is -0.000000175. The van der Waals surface area contributed by atoms with Gasteiger partial charge in [-0.25, -0.2) is 0 Å². The molecule has 0 rings (SSSR count). The Morgan fingerprint density at radius 2 is 1.33 bits per heavy atom. The van der Waals surface area contributed by atoms with Crippen LogP contribution in [0.2, 0.25) is 0 Å². The van der Waals surface area contributed by atoms with E-state index in [0.717, 1.165) is 19.3 Å². The van der Waals surface area contributed by atoms with Crippen LogP contribution in [-0.2, 0) is 0 Å². The molecule has 1 atom stereocenters. The molecule has 78 valence electrons. The summed E-state index contributed by atoms with van der Waals surface area (Å²) in [5.41, 5.74) is -0.408. The van der Waals surface area contributed by atoms with E-state index in [1.54, 1.807) is 0 Å². The van der Waals surface area contributed by atoms with Crippen molar-refractivity contribution in [2.45, 2.75) is 73.3 Å². The van der Waals surface area contributed by atoms with Crippen molar-refractivity contribution < 1.29 is 5.11 Å². The summed E-state index contributed by atoms with van der Waals surface area (Å²) in [6.07, 6.45) is 2.85. The minimum absolute atomic E-state index is 0.408. The minimum Gasteiger partial charge on any atom is -0.390 e. The predicted molar refractivity (Wildman–Crippen MR) is 58.5 cm³/mol. The molecule has 0 fully saturated rings. The molecule has 1 nitrogen and oxygen atoms in total. The number of aliphatic hydroxyl groups is 1. The zero-order valence-electron chi connectivity index (χ0n) is 10.1. The molecule has 0 aliphatic carbocycles. The van der Waals surface area contributed by atoms with Crippen LogP contribution in [-0.4, -0.2) is 10.7 Å². The van der Waals surface area contributed by atoms with E-state index in [4.69, 9.17) is 0 Å². The van der Waals surface area contributed by atoms with Gasteiger partial charge in [0.05, 0.1) is 5.60 Å². The van der Waals surface area contributed by atoms with Crippen LogP contribution in [0.1, 0.15) is 67.7 Å². The monoisotopic (exact) mass is 176 g/mol. The van der Waals surface area contributed by atoms with Gasteiger partial charge in [-0.05, 0) is 19.8 Å². The maximum absolute atomic E-state index is 9.32. The van der Waals surface area contributed by atoms with Gasteiger partial charge in [-0.3, -0.25) is 0 Å². The summed E-state index contributed by atoms with van der Waals surface area (Å²) < 4.78 is 0. The minimum atomic E-state index is -0.408. The summed E-state index contributed by atoms with van der Waals surface area (Å²) in [6, 6.07) is 0. The Bertz CT molecular complexity index is 58.0. The van der Waals surface area contributed by atoms with Gasteiger partial charge in [0.2, 0.25) is 0 Å². The third-order valence-corrected chi connectivity index (χ3v) is 1.55. The lowest BCUT2D eigenvalue weighted by Crippen LogP contribution is -2.21. The summed E-state index contributed by atoms with van der Waals surface area (Å²) in [5.74, 6) is 0. The van der Waals surface area contributed by atoms with Crippen LogP contribution in [0.4, 0.5) is 0 Å². The van der Waals surface area contributed by atoms with Crippen LogP contribution in [0.3, 0.4) is 0 Å². The highest BCUT2D eigenvalue weighted by atomic mass is 16.3. The number of rotatable bonds is 3. The van der Waals surface area contributed by atoms with Crippen molar-refractivity contribution in [1.82, 2.24) is 0 Å². The number of hydrogen-bond donors (Lipinski definition) is 1. The first-order valence-electron chi connectivity index (χ1n) is 5.34. The lowest BCUT2D eigenvalue weighted by atomic mass is 9.98. The molecule has 1 heteroatoms. The van der Waals surface area contributed by atoms with Crippen molar-refractivity contribution in [3.05, 3.63) is 0 Å². The molecule has 0 heterocycles. The molecule has 0 aromatic rings. The van der Waals surface area contributed by atoms with Gasteiger partial charge >= 0.3 is 0 Å². The topological polar surface area (TPSA) is 20.2 Å². The predicted octanol–water partition coefficient (Wildman–Crippen LogP) is 4.00. The maximum Gasteiger partial charge on any atom is 0.0617 e. The van der Waals surface area contributed by atoms with Crippen LogP contribution in [0.15, 0.2) is 0 Å². The molecule has 0 aromatic heterocycles. The highest BCUT2D eigenvalue weighted by molar-refractivity contribution is 4.67. The summed E-state index contributed by atoms with van der Waals surface area (Å²) in [7, 11) is 0. The highest BCUT2D eigenvalue weighted by Gasteiger charge is 2.14. The fourth-order valence-electron chi connectivity index (χ4n) is 0.715. The lowest BCUT2D eigenvalue weighted by Gasteiger charge is -2.19. The van der Waals surface area contributed by atoms with Crippen LogP contribution >= 0.6 is 0 Å². The average molecular weight is 176 g/mol. The van der Waals surface area contributed by atoms with E-state index in [9.17, 15) is 5.11 Å². The van der Waals surface area contributed by atoms with Gasteiger partial charge in [-0.2, -0.15) is 0 Å². The van der Waals surface area contributed by atoms with Crippen LogP contribution < -0.4 is 0 Å². The highest BCUT2D eigenvalue weighted by Crippen LogP contribution is 2.14. The Morgan fingerprint density at radius 3 is 1.42 bits per heavy atom. The Labute approximate surface area is 79.2 Å². The molecule has 0 radical (unpaired) electrons. The third-order valence-electron chi connectivity index (χ3n) is 1.55. The van der Waals surface area contributed by atoms with E-state index in [1.165, 1.54) is 0 Å². The van der Waals surface area contributed by atoms with Gasteiger partial charge in [0, 0.05) is 0 Å². The summed E-state index contributed by atoms with van der Waals surface area (Å²) in [4.78, 5) is 0. The van der Waals surface area contributed by atoms with Crippen molar-refractivity contribution >= 4 is 0 Å². The van der Waals surface area contributed by atoms with E-state index in [-0.39, 0.29) is 0 Å². The molecule has 0 saturated carbocycles. The molecule has 0 spiro atoms. The smallest absolute Gasteiger partial charge is 0.0617 e. The molecule has 0 aliphatic heterocycles. The molecule has 1 N–H and O–H groups in total. The van der Waals surface area contributed by atoms with Crippen molar-refractivity contribution in [3.63, 3.8) is 0 Å². The normalized spacial score (nSPS) is 13.0. The van der Waals surface area contributed by atoms with Gasteiger partial charge in [-0.15, -0.1) is 0 Å². The third kappa shape index (κ3) is 16.5. The largest absolute Gasteiger partial charge is 0.390 e. The maximum atomic E-state index is 9.32. The zero-order valence-corrected chi connectivity index (χ0v) is 10.1. The van der Waals surface area contributed by atoms with Crippen molar-refractivity contribution in [2.75, 3.05) is 0 Å². The molecule has 1 unspecified atom stereocenters. The van der Waals surface area contributed by atoms with Gasteiger partial charge < -0.3 is 5.11 Å². The van der Waals surface area contributed by atoms with Gasteiger partial charge in [0.15, 0.2) is 0 Å². The lowest BCUT2D eigenvalue weighted by molar-refractivity contribution is 0.0463. The molecule has 0 bridgehead atoms. The fourth-order valence-corrected chi connectivity index (χ4v) is 0.715. The van der Waals surface area contributed by atoms with Crippen LogP contribution in [0, 0.1) is 0 Å². The molecular weight excluding hydrogens is 148 g/mol. The first-order chi connectivity index (χ1) is 5.62. The summed E-state index contributed by atoms with van der Waals surface area (Å²) >= 11 is 0. The molecule has 0 amide bonds. The Kier molecular flexibility index (Phi) is 20.2. The van der Waals surface area contributed by atoms with E-state index in [2.05, 4.69) is 6.92 Å². The van der Waals surface area contributed by atoms with Crippen LogP contribution in [0.5, 0.6) is 0 Å². The van der Waals surface area contributed by atoms with Gasteiger partial charge in [-0.1, -0.05) is 48.0 Å². The quantitative estimate of drug-likeness (QED) is 0.689. The first-order valence-corrected chi connectivity index (χ1v) is 5.34. The second-order valence-electron chi connectivity index (χ2n) is 2.60. The summed E-state index contributed by atoms with van der Waals surface area (Å²) in [5, 5.41) is 9.32. The number of hydrogen-bond acceptors (Lipinski definition) is 1. The standard InChI is InChI=1S/C7H16O.2C2H6/c1-4-6-7(3,8)5-2;2*1-2/h8H,4-6H2,1-3H3;2*1-2H3. The average Bonchev–Trinajstić information content (AvgIpc) is 2.12. The first kappa shape index (κ1) is 17.9. The van der Waals surface area contributed by atoms with E-state index in [1.807, 2.05) is 41.5 Å².